The number of rotatable bonds is 6. The molecule has 0 spiro atoms. The number of fused-ring (bicyclic) bond motifs is 1. The van der Waals surface area contributed by atoms with Crippen LogP contribution in [-0.4, -0.2) is 29.5 Å². The monoisotopic (exact) mass is 759 g/mol. The van der Waals surface area contributed by atoms with Crippen molar-refractivity contribution in [2.75, 3.05) is 5.32 Å². The summed E-state index contributed by atoms with van der Waals surface area (Å²) < 4.78 is 40.4. The van der Waals surface area contributed by atoms with Gasteiger partial charge in [-0.2, -0.15) is 13.2 Å². The molecule has 0 radical (unpaired) electrons. The van der Waals surface area contributed by atoms with Crippen molar-refractivity contribution in [3.05, 3.63) is 78.8 Å². The fourth-order valence-corrected chi connectivity index (χ4v) is 4.83. The van der Waals surface area contributed by atoms with Gasteiger partial charge in [0.05, 0.1) is 11.2 Å². The number of aryl methyl sites for hydroxylation is 1. The first kappa shape index (κ1) is 28.2. The Morgan fingerprint density at radius 2 is 1.87 bits per heavy atom. The van der Waals surface area contributed by atoms with Crippen molar-refractivity contribution in [2.24, 2.45) is 7.05 Å². The minimum Gasteiger partial charge on any atom is -0.366 e. The van der Waals surface area contributed by atoms with Gasteiger partial charge in [-0.3, -0.25) is 9.97 Å². The number of aromatic nitrogens is 6. The molecule has 1 N–H and O–H groups in total. The number of hydrogen-bond acceptors (Lipinski definition) is 7. The van der Waals surface area contributed by atoms with Gasteiger partial charge in [-0.15, -0.1) is 11.3 Å². The van der Waals surface area contributed by atoms with Crippen molar-refractivity contribution in [2.45, 2.75) is 31.5 Å². The molecule has 4 aromatic heterocycles. The van der Waals surface area contributed by atoms with E-state index in [1.807, 2.05) is 23.6 Å². The summed E-state index contributed by atoms with van der Waals surface area (Å²) in [6, 6.07) is 9.23. The first-order valence-electron chi connectivity index (χ1n) is 11.3. The standard InChI is InChI=1S/C25H19F3N7S.CH3.U/c1-35-12-19(25(26,27)28)32-23(35)16-4-2-14(3-5-16)10-30-21-17-8-9-36-24(17)34-22(33-21)18-11-29-13-31-20(18)15-6-7-15;;/h2-5,8-9,12-13,15H,6-7,10H2,1H3,(H,30,33,34);1H3;/q2*-1;+2. The van der Waals surface area contributed by atoms with E-state index < -0.39 is 11.9 Å². The van der Waals surface area contributed by atoms with Crippen molar-refractivity contribution in [3.63, 3.8) is 0 Å². The van der Waals surface area contributed by atoms with Crippen LogP contribution in [0.15, 0.2) is 48.2 Å². The number of thiophene rings is 1. The van der Waals surface area contributed by atoms with E-state index in [9.17, 15) is 13.2 Å². The summed E-state index contributed by atoms with van der Waals surface area (Å²) in [7, 11) is 1.55. The quantitative estimate of drug-likeness (QED) is 0.205. The van der Waals surface area contributed by atoms with E-state index in [0.29, 0.717) is 29.7 Å². The predicted molar refractivity (Wildman–Crippen MR) is 137 cm³/mol. The number of alkyl halides is 3. The second-order valence-electron chi connectivity index (χ2n) is 8.66. The molecule has 1 aliphatic rings. The summed E-state index contributed by atoms with van der Waals surface area (Å²) in [5.41, 5.74) is 2.31. The molecule has 1 aromatic carbocycles. The summed E-state index contributed by atoms with van der Waals surface area (Å²) >= 11 is 1.53. The Labute approximate surface area is 245 Å². The maximum atomic E-state index is 13.0. The molecule has 0 amide bonds. The molecule has 1 fully saturated rings. The fourth-order valence-electron chi connectivity index (χ4n) is 4.07. The van der Waals surface area contributed by atoms with Crippen LogP contribution in [0.5, 0.6) is 0 Å². The molecule has 1 aliphatic carbocycles. The molecule has 0 bridgehead atoms. The Morgan fingerprint density at radius 3 is 2.55 bits per heavy atom. The van der Waals surface area contributed by atoms with Crippen LogP contribution in [-0.2, 0) is 19.8 Å². The molecular weight excluding hydrogens is 737 g/mol. The van der Waals surface area contributed by atoms with Gasteiger partial charge < -0.3 is 27.3 Å². The zero-order chi connectivity index (χ0) is 24.9. The minimum atomic E-state index is -4.48. The summed E-state index contributed by atoms with van der Waals surface area (Å²) in [5.74, 6) is 1.90. The second-order valence-corrected chi connectivity index (χ2v) is 9.56. The number of nitrogens with zero attached hydrogens (tertiary/aromatic N) is 6. The van der Waals surface area contributed by atoms with E-state index in [-0.39, 0.29) is 44.4 Å². The zero-order valence-electron chi connectivity index (χ0n) is 20.5. The van der Waals surface area contributed by atoms with Gasteiger partial charge >= 0.3 is 37.3 Å². The number of anilines is 1. The molecular formula is C26H22F3N7SU. The largest absolute Gasteiger partial charge is 2.00 e. The van der Waals surface area contributed by atoms with E-state index in [2.05, 4.69) is 26.5 Å². The third kappa shape index (κ3) is 5.63. The van der Waals surface area contributed by atoms with Crippen LogP contribution in [0.4, 0.5) is 19.0 Å². The SMILES string of the molecule is Cn1cc(C(F)(F)F)nc1-c1ccc(CNc2nc(-c3[c-]ncnc3C3CC3)nc3sccc23)cc1.[CH3-].[U+2]. The molecule has 12 heteroatoms. The first-order valence-corrected chi connectivity index (χ1v) is 12.2. The second kappa shape index (κ2) is 11.1. The zero-order valence-corrected chi connectivity index (χ0v) is 25.5. The van der Waals surface area contributed by atoms with E-state index in [1.165, 1.54) is 22.2 Å². The summed E-state index contributed by atoms with van der Waals surface area (Å²) in [6.07, 6.45) is 3.24. The molecule has 0 saturated heterocycles. The molecule has 1 saturated carbocycles. The Bertz CT molecular complexity index is 1560. The van der Waals surface area contributed by atoms with Crippen LogP contribution in [0.2, 0.25) is 0 Å². The summed E-state index contributed by atoms with van der Waals surface area (Å²) in [4.78, 5) is 22.7. The Hall–Kier alpha value is -2.81. The van der Waals surface area contributed by atoms with Crippen LogP contribution in [0.25, 0.3) is 33.0 Å². The topological polar surface area (TPSA) is 81.4 Å². The number of hydrogen-bond donors (Lipinski definition) is 1. The van der Waals surface area contributed by atoms with Gasteiger partial charge in [-0.25, -0.2) is 4.98 Å². The normalized spacial score (nSPS) is 13.2. The number of benzene rings is 1. The minimum absolute atomic E-state index is 0. The van der Waals surface area contributed by atoms with E-state index in [4.69, 9.17) is 9.97 Å². The van der Waals surface area contributed by atoms with Crippen LogP contribution in [0.1, 0.15) is 35.7 Å². The molecule has 192 valence electrons. The van der Waals surface area contributed by atoms with E-state index in [1.54, 1.807) is 19.2 Å². The van der Waals surface area contributed by atoms with Gasteiger partial charge in [0.1, 0.15) is 16.5 Å². The van der Waals surface area contributed by atoms with Crippen LogP contribution in [0.3, 0.4) is 0 Å². The third-order valence-corrected chi connectivity index (χ3v) is 6.85. The molecule has 0 aliphatic heterocycles. The van der Waals surface area contributed by atoms with Gasteiger partial charge in [-0.1, -0.05) is 42.7 Å². The van der Waals surface area contributed by atoms with Crippen molar-refractivity contribution >= 4 is 27.4 Å². The third-order valence-electron chi connectivity index (χ3n) is 6.04. The Kier molecular flexibility index (Phi) is 8.26. The molecule has 4 heterocycles. The average Bonchev–Trinajstić information content (AvgIpc) is 3.47. The number of nitrogens with one attached hydrogen (secondary N) is 1. The van der Waals surface area contributed by atoms with Crippen LogP contribution >= 0.6 is 11.3 Å². The first-order chi connectivity index (χ1) is 17.4. The molecule has 6 rings (SSSR count). The molecule has 7 nitrogen and oxygen atoms in total. The van der Waals surface area contributed by atoms with Crippen molar-refractivity contribution < 1.29 is 44.3 Å². The van der Waals surface area contributed by atoms with Crippen molar-refractivity contribution in [3.8, 4) is 22.8 Å². The Morgan fingerprint density at radius 1 is 1.11 bits per heavy atom. The maximum absolute atomic E-state index is 13.0. The summed E-state index contributed by atoms with van der Waals surface area (Å²) in [6.45, 7) is 0.473. The number of halogens is 3. The van der Waals surface area contributed by atoms with Crippen LogP contribution < -0.4 is 5.32 Å². The van der Waals surface area contributed by atoms with Gasteiger partial charge in [0.25, 0.3) is 0 Å². The van der Waals surface area contributed by atoms with Gasteiger partial charge in [0, 0.05) is 31.7 Å². The smallest absolute Gasteiger partial charge is 0.366 e. The van der Waals surface area contributed by atoms with E-state index >= 15 is 0 Å². The maximum Gasteiger partial charge on any atom is 2.00 e. The van der Waals surface area contributed by atoms with E-state index in [0.717, 1.165) is 46.1 Å². The summed E-state index contributed by atoms with van der Waals surface area (Å²) in [5, 5.41) is 6.28. The molecule has 0 atom stereocenters. The van der Waals surface area contributed by atoms with Crippen molar-refractivity contribution in [1.82, 2.24) is 29.5 Å². The predicted octanol–water partition coefficient (Wildman–Crippen LogP) is 6.31. The molecule has 5 aromatic rings. The van der Waals surface area contributed by atoms with Crippen LogP contribution in [0, 0.1) is 44.7 Å². The van der Waals surface area contributed by atoms with Gasteiger partial charge in [0.2, 0.25) is 0 Å². The number of imidazole rings is 1. The van der Waals surface area contributed by atoms with Gasteiger partial charge in [0.15, 0.2) is 5.69 Å². The Balaban J connectivity index is 0.00000168. The van der Waals surface area contributed by atoms with Gasteiger partial charge in [-0.05, 0) is 34.8 Å². The molecule has 38 heavy (non-hydrogen) atoms. The average molecular weight is 760 g/mol. The molecule has 0 unspecified atom stereocenters. The van der Waals surface area contributed by atoms with Crippen molar-refractivity contribution in [1.29, 1.82) is 0 Å². The fraction of sp³-hybridized carbons (Fsp3) is 0.231.